The first-order valence-corrected chi connectivity index (χ1v) is 20.6. The SMILES string of the molecule is CC1=CCCc2c1c1cc3c(-c4ccccc4)c4c5cccc6c(-c7cccc8c7sc7ccccc78)ccc(c4c(-c4ccccc4)c3c3cccc2c13)c65. The van der Waals surface area contributed by atoms with Crippen molar-refractivity contribution in [3.8, 4) is 33.4 Å². The molecule has 0 aliphatic heterocycles. The Labute approximate surface area is 328 Å². The largest absolute Gasteiger partial charge is 0.135 e. The van der Waals surface area contributed by atoms with Crippen LogP contribution in [0.2, 0.25) is 0 Å². The average Bonchev–Trinajstić information content (AvgIpc) is 3.91. The van der Waals surface area contributed by atoms with Crippen molar-refractivity contribution in [2.75, 3.05) is 0 Å². The van der Waals surface area contributed by atoms with Crippen LogP contribution in [0.15, 0.2) is 164 Å². The van der Waals surface area contributed by atoms with Crippen molar-refractivity contribution in [3.05, 3.63) is 175 Å². The molecule has 0 spiro atoms. The van der Waals surface area contributed by atoms with E-state index in [1.807, 2.05) is 11.3 Å². The molecule has 1 aliphatic rings. The Morgan fingerprint density at radius 2 is 0.982 bits per heavy atom. The lowest BCUT2D eigenvalue weighted by Crippen LogP contribution is -1.94. The molecule has 12 aromatic rings. The predicted molar refractivity (Wildman–Crippen MR) is 245 cm³/mol. The van der Waals surface area contributed by atoms with Gasteiger partial charge in [0.2, 0.25) is 0 Å². The molecule has 0 saturated heterocycles. The van der Waals surface area contributed by atoms with E-state index in [0.29, 0.717) is 0 Å². The van der Waals surface area contributed by atoms with Crippen LogP contribution in [0.5, 0.6) is 0 Å². The van der Waals surface area contributed by atoms with Crippen LogP contribution in [-0.2, 0) is 6.42 Å². The molecular formula is C55H34S. The first kappa shape index (κ1) is 30.7. The van der Waals surface area contributed by atoms with E-state index >= 15 is 0 Å². The molecule has 1 aromatic heterocycles. The van der Waals surface area contributed by atoms with E-state index in [9.17, 15) is 0 Å². The Kier molecular flexibility index (Phi) is 6.18. The fourth-order valence-corrected chi connectivity index (χ4v) is 12.0. The van der Waals surface area contributed by atoms with Gasteiger partial charge in [-0.3, -0.25) is 0 Å². The van der Waals surface area contributed by atoms with Gasteiger partial charge >= 0.3 is 0 Å². The molecule has 0 radical (unpaired) electrons. The van der Waals surface area contributed by atoms with Gasteiger partial charge in [0.1, 0.15) is 0 Å². The standard InChI is InChI=1S/C55H34S/c1-31-14-10-20-37-38-22-12-25-41-51(38)44(47(31)37)30-45-48(32-15-4-2-5-16-32)53-42-26-11-21-36-34(39-23-13-24-40-35-19-8-9-27-46(35)56-55(39)40)28-29-43(50(36)42)54(53)49(52(41)45)33-17-6-3-7-18-33/h2-9,11-19,21-30H,10,20H2,1H3. The minimum atomic E-state index is 1.09. The molecular weight excluding hydrogens is 693 g/mol. The van der Waals surface area contributed by atoms with E-state index < -0.39 is 0 Å². The molecule has 1 aliphatic carbocycles. The predicted octanol–water partition coefficient (Wildman–Crippen LogP) is 16.2. The molecule has 0 fully saturated rings. The van der Waals surface area contributed by atoms with Crippen molar-refractivity contribution in [3.63, 3.8) is 0 Å². The first-order chi connectivity index (χ1) is 27.7. The first-order valence-electron chi connectivity index (χ1n) is 19.8. The zero-order valence-corrected chi connectivity index (χ0v) is 31.7. The van der Waals surface area contributed by atoms with Gasteiger partial charge in [-0.2, -0.15) is 0 Å². The monoisotopic (exact) mass is 726 g/mol. The zero-order valence-electron chi connectivity index (χ0n) is 30.9. The summed E-state index contributed by atoms with van der Waals surface area (Å²) < 4.78 is 2.69. The second kappa shape index (κ2) is 11.3. The van der Waals surface area contributed by atoms with Crippen molar-refractivity contribution in [1.82, 2.24) is 0 Å². The quantitative estimate of drug-likeness (QED) is 0.159. The van der Waals surface area contributed by atoms with Crippen molar-refractivity contribution >= 4 is 102 Å². The molecule has 13 rings (SSSR count). The lowest BCUT2D eigenvalue weighted by Gasteiger charge is -2.19. The summed E-state index contributed by atoms with van der Waals surface area (Å²) in [6.07, 6.45) is 4.65. The molecule has 0 unspecified atom stereocenters. The van der Waals surface area contributed by atoms with Crippen LogP contribution < -0.4 is 0 Å². The molecule has 0 amide bonds. The van der Waals surface area contributed by atoms with Crippen LogP contribution in [0.25, 0.3) is 124 Å². The summed E-state index contributed by atoms with van der Waals surface area (Å²) in [7, 11) is 0. The Hall–Kier alpha value is -6.54. The maximum atomic E-state index is 2.58. The van der Waals surface area contributed by atoms with E-state index in [4.69, 9.17) is 0 Å². The van der Waals surface area contributed by atoms with Gasteiger partial charge in [0, 0.05) is 25.7 Å². The maximum Gasteiger partial charge on any atom is 0.0434 e. The van der Waals surface area contributed by atoms with Gasteiger partial charge in [0.05, 0.1) is 0 Å². The minimum absolute atomic E-state index is 1.09. The lowest BCUT2D eigenvalue weighted by molar-refractivity contribution is 0.993. The van der Waals surface area contributed by atoms with Crippen LogP contribution in [0.4, 0.5) is 0 Å². The van der Waals surface area contributed by atoms with Gasteiger partial charge in [0.25, 0.3) is 0 Å². The highest BCUT2D eigenvalue weighted by Crippen LogP contribution is 2.56. The third-order valence-corrected chi connectivity index (χ3v) is 14.2. The van der Waals surface area contributed by atoms with Crippen LogP contribution in [0, 0.1) is 0 Å². The van der Waals surface area contributed by atoms with Crippen LogP contribution in [0.1, 0.15) is 24.5 Å². The second-order valence-electron chi connectivity index (χ2n) is 15.8. The number of allylic oxidation sites excluding steroid dienone is 2. The summed E-state index contributed by atoms with van der Waals surface area (Å²) in [5, 5.41) is 19.0. The van der Waals surface area contributed by atoms with Crippen LogP contribution in [0.3, 0.4) is 0 Å². The zero-order chi connectivity index (χ0) is 36.6. The Bertz CT molecular complexity index is 3620. The summed E-state index contributed by atoms with van der Waals surface area (Å²) in [6, 6.07) is 59.7. The summed E-state index contributed by atoms with van der Waals surface area (Å²) in [5.74, 6) is 0. The molecule has 0 bridgehead atoms. The van der Waals surface area contributed by atoms with Crippen molar-refractivity contribution in [2.24, 2.45) is 0 Å². The molecule has 1 heterocycles. The van der Waals surface area contributed by atoms with E-state index in [2.05, 4.69) is 171 Å². The number of hydrogen-bond acceptors (Lipinski definition) is 1. The average molecular weight is 727 g/mol. The minimum Gasteiger partial charge on any atom is -0.135 e. The van der Waals surface area contributed by atoms with Crippen LogP contribution >= 0.6 is 11.3 Å². The number of rotatable bonds is 3. The van der Waals surface area contributed by atoms with Crippen molar-refractivity contribution < 1.29 is 0 Å². The highest BCUT2D eigenvalue weighted by Gasteiger charge is 2.28. The van der Waals surface area contributed by atoms with E-state index in [1.54, 1.807) is 0 Å². The fourth-order valence-electron chi connectivity index (χ4n) is 10.8. The number of thiophene rings is 1. The summed E-state index contributed by atoms with van der Waals surface area (Å²) in [6.45, 7) is 2.32. The van der Waals surface area contributed by atoms with Crippen LogP contribution in [-0.4, -0.2) is 0 Å². The van der Waals surface area contributed by atoms with Gasteiger partial charge in [-0.05, 0) is 141 Å². The normalized spacial score (nSPS) is 13.4. The second-order valence-corrected chi connectivity index (χ2v) is 16.8. The van der Waals surface area contributed by atoms with Crippen molar-refractivity contribution in [2.45, 2.75) is 19.8 Å². The number of hydrogen-bond donors (Lipinski definition) is 0. The maximum absolute atomic E-state index is 2.58. The van der Waals surface area contributed by atoms with E-state index in [0.717, 1.165) is 12.8 Å². The third-order valence-electron chi connectivity index (χ3n) is 13.0. The van der Waals surface area contributed by atoms with E-state index in [1.165, 1.54) is 135 Å². The Balaban J connectivity index is 1.27. The van der Waals surface area contributed by atoms with Gasteiger partial charge in [-0.15, -0.1) is 11.3 Å². The summed E-state index contributed by atoms with van der Waals surface area (Å²) in [4.78, 5) is 0. The van der Waals surface area contributed by atoms with E-state index in [-0.39, 0.29) is 0 Å². The molecule has 0 N–H and O–H groups in total. The van der Waals surface area contributed by atoms with Crippen molar-refractivity contribution in [1.29, 1.82) is 0 Å². The molecule has 56 heavy (non-hydrogen) atoms. The molecule has 1 heteroatoms. The molecule has 0 saturated carbocycles. The number of benzene rings is 9. The Morgan fingerprint density at radius 3 is 1.80 bits per heavy atom. The van der Waals surface area contributed by atoms with Gasteiger partial charge in [0.15, 0.2) is 0 Å². The highest BCUT2D eigenvalue weighted by atomic mass is 32.1. The number of aryl methyl sites for hydroxylation is 1. The third kappa shape index (κ3) is 3.93. The molecule has 0 atom stereocenters. The topological polar surface area (TPSA) is 0 Å². The molecule has 260 valence electrons. The summed E-state index contributed by atoms with van der Waals surface area (Å²) in [5.41, 5.74) is 12.2. The van der Waals surface area contributed by atoms with Gasteiger partial charge in [-0.25, -0.2) is 0 Å². The summed E-state index contributed by atoms with van der Waals surface area (Å²) >= 11 is 1.91. The van der Waals surface area contributed by atoms with Gasteiger partial charge in [-0.1, -0.05) is 152 Å². The highest BCUT2D eigenvalue weighted by molar-refractivity contribution is 7.26. The Morgan fingerprint density at radius 1 is 0.393 bits per heavy atom. The molecule has 11 aromatic carbocycles. The van der Waals surface area contributed by atoms with Gasteiger partial charge < -0.3 is 0 Å². The molecule has 0 nitrogen and oxygen atoms in total. The lowest BCUT2D eigenvalue weighted by atomic mass is 9.83. The fraction of sp³-hybridized carbons (Fsp3) is 0.0545. The smallest absolute Gasteiger partial charge is 0.0434 e. The number of fused-ring (bicyclic) bond motifs is 11.